The van der Waals surface area contributed by atoms with E-state index >= 15 is 0 Å². The number of aromatic carboxylic acids is 1. The number of sulfonamides is 1. The molecule has 0 atom stereocenters. The van der Waals surface area contributed by atoms with Crippen molar-refractivity contribution in [2.75, 3.05) is 0 Å². The molecule has 0 spiro atoms. The lowest BCUT2D eigenvalue weighted by molar-refractivity contribution is 0.0697. The molecule has 2 heterocycles. The van der Waals surface area contributed by atoms with Gasteiger partial charge in [-0.3, -0.25) is 0 Å². The van der Waals surface area contributed by atoms with E-state index in [-0.39, 0.29) is 16.3 Å². The highest BCUT2D eigenvalue weighted by Crippen LogP contribution is 2.21. The zero-order chi connectivity index (χ0) is 14.0. The van der Waals surface area contributed by atoms with Gasteiger partial charge in [-0.05, 0) is 34.9 Å². The predicted octanol–water partition coefficient (Wildman–Crippen LogP) is 2.29. The van der Waals surface area contributed by atoms with E-state index in [4.69, 9.17) is 5.11 Å². The minimum Gasteiger partial charge on any atom is -0.478 e. The summed E-state index contributed by atoms with van der Waals surface area (Å²) in [5, 5.41) is 13.9. The van der Waals surface area contributed by atoms with Crippen molar-refractivity contribution >= 4 is 38.7 Å². The van der Waals surface area contributed by atoms with Crippen LogP contribution in [0, 0.1) is 6.92 Å². The molecule has 0 fully saturated rings. The van der Waals surface area contributed by atoms with Gasteiger partial charge < -0.3 is 5.11 Å². The van der Waals surface area contributed by atoms with Gasteiger partial charge in [0, 0.05) is 11.9 Å². The van der Waals surface area contributed by atoms with Crippen LogP contribution < -0.4 is 4.72 Å². The third kappa shape index (κ3) is 3.21. The molecule has 0 aliphatic rings. The van der Waals surface area contributed by atoms with Gasteiger partial charge in [-0.15, -0.1) is 11.3 Å². The van der Waals surface area contributed by atoms with Gasteiger partial charge in [0.05, 0.1) is 5.56 Å². The Bertz CT molecular complexity index is 699. The van der Waals surface area contributed by atoms with Crippen molar-refractivity contribution in [3.63, 3.8) is 0 Å². The number of carboxylic acid groups (broad SMARTS) is 1. The summed E-state index contributed by atoms with van der Waals surface area (Å²) >= 11 is 2.41. The fourth-order valence-corrected chi connectivity index (χ4v) is 4.44. The predicted molar refractivity (Wildman–Crippen MR) is 74.4 cm³/mol. The van der Waals surface area contributed by atoms with Crippen LogP contribution in [0.5, 0.6) is 0 Å². The summed E-state index contributed by atoms with van der Waals surface area (Å²) in [5.41, 5.74) is 1.94. The summed E-state index contributed by atoms with van der Waals surface area (Å²) in [6.45, 7) is 2.12. The first-order valence-electron chi connectivity index (χ1n) is 5.23. The lowest BCUT2D eigenvalue weighted by Crippen LogP contribution is -2.22. The van der Waals surface area contributed by atoms with E-state index in [2.05, 4.69) is 4.72 Å². The molecular weight excluding hydrogens is 306 g/mol. The molecule has 0 aliphatic carbocycles. The summed E-state index contributed by atoms with van der Waals surface area (Å²) in [4.78, 5) is 10.7. The van der Waals surface area contributed by atoms with Gasteiger partial charge in [0.2, 0.25) is 10.0 Å². The Hall–Kier alpha value is -1.22. The first-order chi connectivity index (χ1) is 8.90. The SMILES string of the molecule is Cc1cscc1CNS(=O)(=O)c1cc(C(=O)O)cs1. The Morgan fingerprint density at radius 3 is 2.63 bits per heavy atom. The number of hydrogen-bond donors (Lipinski definition) is 2. The summed E-state index contributed by atoms with van der Waals surface area (Å²) in [7, 11) is -3.66. The summed E-state index contributed by atoms with van der Waals surface area (Å²) in [5.74, 6) is -1.13. The summed E-state index contributed by atoms with van der Waals surface area (Å²) < 4.78 is 26.4. The first kappa shape index (κ1) is 14.2. The Labute approximate surface area is 118 Å². The van der Waals surface area contributed by atoms with Crippen LogP contribution >= 0.6 is 22.7 Å². The molecule has 5 nitrogen and oxygen atoms in total. The molecule has 0 saturated heterocycles. The van der Waals surface area contributed by atoms with Crippen LogP contribution in [0.15, 0.2) is 26.4 Å². The first-order valence-corrected chi connectivity index (χ1v) is 8.54. The van der Waals surface area contributed by atoms with Gasteiger partial charge in [0.25, 0.3) is 0 Å². The molecule has 2 rings (SSSR count). The van der Waals surface area contributed by atoms with E-state index in [0.717, 1.165) is 28.5 Å². The molecule has 2 aromatic rings. The quantitative estimate of drug-likeness (QED) is 0.886. The van der Waals surface area contributed by atoms with Crippen LogP contribution in [0.3, 0.4) is 0 Å². The van der Waals surface area contributed by atoms with Crippen molar-refractivity contribution in [2.24, 2.45) is 0 Å². The van der Waals surface area contributed by atoms with Crippen molar-refractivity contribution in [1.29, 1.82) is 0 Å². The molecule has 0 aliphatic heterocycles. The number of carbonyl (C=O) groups is 1. The van der Waals surface area contributed by atoms with E-state index < -0.39 is 16.0 Å². The van der Waals surface area contributed by atoms with Gasteiger partial charge in [0.1, 0.15) is 4.21 Å². The molecule has 0 aromatic carbocycles. The summed E-state index contributed by atoms with van der Waals surface area (Å²) in [6, 6.07) is 1.16. The molecule has 0 unspecified atom stereocenters. The fourth-order valence-electron chi connectivity index (χ4n) is 1.38. The van der Waals surface area contributed by atoms with Crippen molar-refractivity contribution < 1.29 is 18.3 Å². The third-order valence-electron chi connectivity index (χ3n) is 2.50. The molecule has 0 amide bonds. The van der Waals surface area contributed by atoms with E-state index in [1.807, 2.05) is 17.7 Å². The maximum Gasteiger partial charge on any atom is 0.336 e. The van der Waals surface area contributed by atoms with E-state index in [1.165, 1.54) is 16.7 Å². The zero-order valence-corrected chi connectivity index (χ0v) is 12.4. The second-order valence-electron chi connectivity index (χ2n) is 3.86. The molecule has 0 saturated carbocycles. The van der Waals surface area contributed by atoms with Crippen molar-refractivity contribution in [1.82, 2.24) is 4.72 Å². The third-order valence-corrected chi connectivity index (χ3v) is 6.25. The van der Waals surface area contributed by atoms with Gasteiger partial charge in [-0.1, -0.05) is 0 Å². The fraction of sp³-hybridized carbons (Fsp3) is 0.182. The number of carboxylic acids is 1. The van der Waals surface area contributed by atoms with Crippen LogP contribution in [-0.4, -0.2) is 19.5 Å². The molecular formula is C11H11NO4S3. The highest BCUT2D eigenvalue weighted by Gasteiger charge is 2.18. The molecule has 2 aromatic heterocycles. The van der Waals surface area contributed by atoms with Gasteiger partial charge in [0.15, 0.2) is 0 Å². The highest BCUT2D eigenvalue weighted by molar-refractivity contribution is 7.91. The molecule has 19 heavy (non-hydrogen) atoms. The van der Waals surface area contributed by atoms with Gasteiger partial charge in [-0.25, -0.2) is 17.9 Å². The second-order valence-corrected chi connectivity index (χ2v) is 7.51. The minimum absolute atomic E-state index is 0.0118. The van der Waals surface area contributed by atoms with Crippen molar-refractivity contribution in [3.8, 4) is 0 Å². The van der Waals surface area contributed by atoms with Crippen molar-refractivity contribution in [2.45, 2.75) is 17.7 Å². The standard InChI is InChI=1S/C11H11NO4S3/c1-7-4-17-5-9(7)3-12-19(15,16)10-2-8(6-18-10)11(13)14/h2,4-6,12H,3H2,1H3,(H,13,14). The largest absolute Gasteiger partial charge is 0.478 e. The maximum absolute atomic E-state index is 12.0. The normalized spacial score (nSPS) is 11.6. The summed E-state index contributed by atoms with van der Waals surface area (Å²) in [6.07, 6.45) is 0. The molecule has 2 N–H and O–H groups in total. The average Bonchev–Trinajstić information content (AvgIpc) is 2.95. The van der Waals surface area contributed by atoms with Crippen LogP contribution in [0.25, 0.3) is 0 Å². The zero-order valence-electron chi connectivity index (χ0n) is 9.91. The molecule has 102 valence electrons. The van der Waals surface area contributed by atoms with Gasteiger partial charge >= 0.3 is 5.97 Å². The van der Waals surface area contributed by atoms with Crippen molar-refractivity contribution in [3.05, 3.63) is 38.9 Å². The van der Waals surface area contributed by atoms with E-state index in [0.29, 0.717) is 0 Å². The second kappa shape index (κ2) is 5.41. The number of aryl methyl sites for hydroxylation is 1. The van der Waals surface area contributed by atoms with E-state index in [9.17, 15) is 13.2 Å². The van der Waals surface area contributed by atoms with Gasteiger partial charge in [-0.2, -0.15) is 11.3 Å². The lowest BCUT2D eigenvalue weighted by atomic mass is 10.2. The Morgan fingerprint density at radius 2 is 2.11 bits per heavy atom. The smallest absolute Gasteiger partial charge is 0.336 e. The highest BCUT2D eigenvalue weighted by atomic mass is 32.2. The number of rotatable bonds is 5. The minimum atomic E-state index is -3.66. The number of hydrogen-bond acceptors (Lipinski definition) is 5. The molecule has 0 radical (unpaired) electrons. The Balaban J connectivity index is 2.14. The van der Waals surface area contributed by atoms with Crippen LogP contribution in [0.1, 0.15) is 21.5 Å². The van der Waals surface area contributed by atoms with Crippen LogP contribution in [0.2, 0.25) is 0 Å². The maximum atomic E-state index is 12.0. The molecule has 0 bridgehead atoms. The number of thiophene rings is 2. The monoisotopic (exact) mass is 317 g/mol. The lowest BCUT2D eigenvalue weighted by Gasteiger charge is -2.04. The molecule has 8 heteroatoms. The average molecular weight is 317 g/mol. The number of nitrogens with one attached hydrogen (secondary N) is 1. The van der Waals surface area contributed by atoms with Crippen LogP contribution in [-0.2, 0) is 16.6 Å². The van der Waals surface area contributed by atoms with E-state index in [1.54, 1.807) is 0 Å². The topological polar surface area (TPSA) is 83.5 Å². The Kier molecular flexibility index (Phi) is 4.04. The van der Waals surface area contributed by atoms with Crippen LogP contribution in [0.4, 0.5) is 0 Å². The Morgan fingerprint density at radius 1 is 1.37 bits per heavy atom.